The third-order valence-corrected chi connectivity index (χ3v) is 5.27. The smallest absolute Gasteiger partial charge is 0.356 e. The molecule has 0 radical (unpaired) electrons. The van der Waals surface area contributed by atoms with Crippen LogP contribution in [0, 0.1) is 6.92 Å². The van der Waals surface area contributed by atoms with Crippen LogP contribution in [-0.4, -0.2) is 44.7 Å². The van der Waals surface area contributed by atoms with Gasteiger partial charge >= 0.3 is 7.60 Å². The second-order valence-electron chi connectivity index (χ2n) is 6.41. The molecule has 10 nitrogen and oxygen atoms in total. The van der Waals surface area contributed by atoms with E-state index in [1.807, 2.05) is 11.5 Å². The lowest BCUT2D eigenvalue weighted by Crippen LogP contribution is -2.14. The summed E-state index contributed by atoms with van der Waals surface area (Å²) in [5, 5.41) is 0. The highest BCUT2D eigenvalue weighted by Crippen LogP contribution is 2.50. The number of fused-ring (bicyclic) bond motifs is 1. The summed E-state index contributed by atoms with van der Waals surface area (Å²) in [6.45, 7) is 9.71. The molecule has 0 aliphatic carbocycles. The van der Waals surface area contributed by atoms with Crippen LogP contribution >= 0.6 is 7.60 Å². The molecule has 2 aromatic rings. The Morgan fingerprint density at radius 1 is 1.08 bits per heavy atom. The van der Waals surface area contributed by atoms with Crippen molar-refractivity contribution in [3.05, 3.63) is 5.82 Å². The number of imidazole rings is 1. The van der Waals surface area contributed by atoms with Gasteiger partial charge in [-0.05, 0) is 34.6 Å². The standard InChI is InChI=1S/C15H27N6O4P/c1-9(2)24-26(22,25-10(3)4)8-23-7-6-21-11(5)18-12-13(16)19-15(17)20-14(12)21/h9-10H,6-8H2,1-5H3,(H4,16,17,19,20). The molecule has 0 bridgehead atoms. The maximum absolute atomic E-state index is 12.7. The molecular formula is C15H27N6O4P. The number of ether oxygens (including phenoxy) is 1. The first kappa shape index (κ1) is 20.6. The number of rotatable bonds is 9. The normalized spacial score (nSPS) is 12.6. The molecule has 146 valence electrons. The van der Waals surface area contributed by atoms with Crippen molar-refractivity contribution in [3.63, 3.8) is 0 Å². The predicted octanol–water partition coefficient (Wildman–Crippen LogP) is 2.32. The van der Waals surface area contributed by atoms with Crippen LogP contribution in [-0.2, 0) is 24.9 Å². The van der Waals surface area contributed by atoms with Crippen LogP contribution in [0.3, 0.4) is 0 Å². The van der Waals surface area contributed by atoms with E-state index in [1.165, 1.54) is 0 Å². The van der Waals surface area contributed by atoms with Crippen LogP contribution < -0.4 is 11.5 Å². The van der Waals surface area contributed by atoms with E-state index in [1.54, 1.807) is 27.7 Å². The van der Waals surface area contributed by atoms with Crippen LogP contribution in [0.25, 0.3) is 11.2 Å². The average molecular weight is 386 g/mol. The molecular weight excluding hydrogens is 359 g/mol. The molecule has 0 amide bonds. The first-order valence-corrected chi connectivity index (χ1v) is 10.1. The van der Waals surface area contributed by atoms with Crippen molar-refractivity contribution in [2.45, 2.75) is 53.4 Å². The zero-order chi connectivity index (χ0) is 19.5. The average Bonchev–Trinajstić information content (AvgIpc) is 2.78. The highest BCUT2D eigenvalue weighted by atomic mass is 31.2. The maximum atomic E-state index is 12.7. The fourth-order valence-corrected chi connectivity index (χ4v) is 4.29. The number of aromatic nitrogens is 4. The molecule has 11 heteroatoms. The molecule has 0 atom stereocenters. The first-order chi connectivity index (χ1) is 12.1. The van der Waals surface area contributed by atoms with Crippen LogP contribution in [0.2, 0.25) is 0 Å². The molecule has 0 aliphatic rings. The van der Waals surface area contributed by atoms with Gasteiger partial charge in [-0.15, -0.1) is 0 Å². The topological polar surface area (TPSA) is 140 Å². The number of nitrogens with two attached hydrogens (primary N) is 2. The van der Waals surface area contributed by atoms with E-state index >= 15 is 0 Å². The van der Waals surface area contributed by atoms with E-state index in [9.17, 15) is 4.57 Å². The lowest BCUT2D eigenvalue weighted by molar-refractivity contribution is 0.0960. The van der Waals surface area contributed by atoms with E-state index in [0.717, 1.165) is 0 Å². The van der Waals surface area contributed by atoms with Gasteiger partial charge < -0.3 is 29.8 Å². The van der Waals surface area contributed by atoms with E-state index in [4.69, 9.17) is 25.3 Å². The number of nitrogens with zero attached hydrogens (tertiary/aromatic N) is 4. The Bertz CT molecular complexity index is 793. The van der Waals surface area contributed by atoms with Gasteiger partial charge in [-0.3, -0.25) is 4.57 Å². The quantitative estimate of drug-likeness (QED) is 0.490. The molecule has 2 heterocycles. The van der Waals surface area contributed by atoms with Crippen LogP contribution in [0.1, 0.15) is 33.5 Å². The Morgan fingerprint density at radius 2 is 1.69 bits per heavy atom. The Kier molecular flexibility index (Phi) is 6.57. The van der Waals surface area contributed by atoms with Gasteiger partial charge in [0, 0.05) is 6.54 Å². The summed E-state index contributed by atoms with van der Waals surface area (Å²) in [7, 11) is -3.33. The van der Waals surface area contributed by atoms with Crippen molar-refractivity contribution in [1.29, 1.82) is 0 Å². The van der Waals surface area contributed by atoms with Gasteiger partial charge in [-0.25, -0.2) is 4.98 Å². The van der Waals surface area contributed by atoms with E-state index < -0.39 is 7.60 Å². The summed E-state index contributed by atoms with van der Waals surface area (Å²) in [4.78, 5) is 12.5. The van der Waals surface area contributed by atoms with Crippen LogP contribution in [0.5, 0.6) is 0 Å². The van der Waals surface area contributed by atoms with Crippen molar-refractivity contribution in [2.24, 2.45) is 0 Å². The molecule has 0 saturated carbocycles. The minimum Gasteiger partial charge on any atom is -0.382 e. The summed E-state index contributed by atoms with van der Waals surface area (Å²) in [5.74, 6) is 1.02. The van der Waals surface area contributed by atoms with Gasteiger partial charge in [0.2, 0.25) is 5.95 Å². The molecule has 2 rings (SSSR count). The third-order valence-electron chi connectivity index (χ3n) is 3.28. The van der Waals surface area contributed by atoms with E-state index in [2.05, 4.69) is 15.0 Å². The lowest BCUT2D eigenvalue weighted by Gasteiger charge is -2.22. The second-order valence-corrected chi connectivity index (χ2v) is 8.31. The Labute approximate surface area is 152 Å². The van der Waals surface area contributed by atoms with E-state index in [0.29, 0.717) is 23.5 Å². The number of anilines is 2. The second kappa shape index (κ2) is 8.30. The van der Waals surface area contributed by atoms with Gasteiger partial charge in [0.1, 0.15) is 12.2 Å². The predicted molar refractivity (Wildman–Crippen MR) is 99.8 cm³/mol. The molecule has 0 aromatic carbocycles. The Morgan fingerprint density at radius 3 is 2.27 bits per heavy atom. The Balaban J connectivity index is 2.04. The molecule has 0 saturated heterocycles. The fraction of sp³-hybridized carbons (Fsp3) is 0.667. The van der Waals surface area contributed by atoms with Crippen molar-refractivity contribution in [1.82, 2.24) is 19.5 Å². The zero-order valence-corrected chi connectivity index (χ0v) is 16.7. The highest BCUT2D eigenvalue weighted by Gasteiger charge is 2.28. The monoisotopic (exact) mass is 386 g/mol. The summed E-state index contributed by atoms with van der Waals surface area (Å²) in [5.41, 5.74) is 12.5. The number of hydrogen-bond acceptors (Lipinski definition) is 9. The number of nitrogen functional groups attached to an aromatic ring is 2. The van der Waals surface area contributed by atoms with Crippen molar-refractivity contribution < 1.29 is 18.3 Å². The van der Waals surface area contributed by atoms with Gasteiger partial charge in [0.25, 0.3) is 0 Å². The van der Waals surface area contributed by atoms with Crippen LogP contribution in [0.15, 0.2) is 0 Å². The summed E-state index contributed by atoms with van der Waals surface area (Å²) in [6.07, 6.45) is -0.592. The fourth-order valence-electron chi connectivity index (χ4n) is 2.48. The largest absolute Gasteiger partial charge is 0.382 e. The van der Waals surface area contributed by atoms with E-state index in [-0.39, 0.29) is 36.9 Å². The molecule has 0 fully saturated rings. The van der Waals surface area contributed by atoms with Gasteiger partial charge in [0.05, 0.1) is 18.8 Å². The number of hydrogen-bond donors (Lipinski definition) is 2. The molecule has 0 unspecified atom stereocenters. The molecule has 4 N–H and O–H groups in total. The highest BCUT2D eigenvalue weighted by molar-refractivity contribution is 7.53. The van der Waals surface area contributed by atoms with Crippen molar-refractivity contribution in [2.75, 3.05) is 24.4 Å². The SMILES string of the molecule is Cc1nc2c(N)nc(N)nc2n1CCOCP(=O)(OC(C)C)OC(C)C. The van der Waals surface area contributed by atoms with Gasteiger partial charge in [-0.1, -0.05) is 0 Å². The molecule has 26 heavy (non-hydrogen) atoms. The minimum absolute atomic E-state index is 0.0808. The van der Waals surface area contributed by atoms with Gasteiger partial charge in [-0.2, -0.15) is 9.97 Å². The lowest BCUT2D eigenvalue weighted by atomic mass is 10.5. The zero-order valence-electron chi connectivity index (χ0n) is 15.8. The van der Waals surface area contributed by atoms with Gasteiger partial charge in [0.15, 0.2) is 17.0 Å². The molecule has 2 aromatic heterocycles. The Hall–Kier alpha value is -1.74. The molecule has 0 spiro atoms. The minimum atomic E-state index is -3.33. The van der Waals surface area contributed by atoms with Crippen LogP contribution in [0.4, 0.5) is 11.8 Å². The summed E-state index contributed by atoms with van der Waals surface area (Å²) in [6, 6.07) is 0. The van der Waals surface area contributed by atoms with Crippen molar-refractivity contribution >= 4 is 30.5 Å². The first-order valence-electron chi connectivity index (χ1n) is 8.40. The van der Waals surface area contributed by atoms with Crippen molar-refractivity contribution in [3.8, 4) is 0 Å². The number of aryl methyl sites for hydroxylation is 1. The third kappa shape index (κ3) is 5.14. The summed E-state index contributed by atoms with van der Waals surface area (Å²) < 4.78 is 31.0. The molecule has 0 aliphatic heterocycles. The summed E-state index contributed by atoms with van der Waals surface area (Å²) >= 11 is 0. The maximum Gasteiger partial charge on any atom is 0.356 e.